The maximum Gasteiger partial charge on any atom is 0.189 e. The third-order valence-corrected chi connectivity index (χ3v) is 4.03. The van der Waals surface area contributed by atoms with E-state index in [0.717, 1.165) is 13.0 Å². The average Bonchev–Trinajstić information content (AvgIpc) is 2.33. The molecule has 96 valence electrons. The number of nitrogens with one attached hydrogen (secondary N) is 1. The van der Waals surface area contributed by atoms with Gasteiger partial charge in [0.2, 0.25) is 0 Å². The van der Waals surface area contributed by atoms with Crippen LogP contribution in [0, 0.1) is 11.3 Å². The van der Waals surface area contributed by atoms with Crippen LogP contribution in [0.4, 0.5) is 0 Å². The number of guanidine groups is 1. The Balaban J connectivity index is 1.98. The van der Waals surface area contributed by atoms with Gasteiger partial charge < -0.3 is 15.8 Å². The monoisotopic (exact) mass is 237 g/mol. The van der Waals surface area contributed by atoms with Crippen LogP contribution < -0.4 is 11.1 Å². The van der Waals surface area contributed by atoms with Gasteiger partial charge in [-0.05, 0) is 12.8 Å². The zero-order valence-corrected chi connectivity index (χ0v) is 10.8. The van der Waals surface area contributed by atoms with Crippen LogP contribution >= 0.6 is 0 Å². The highest BCUT2D eigenvalue weighted by molar-refractivity contribution is 5.78. The Hall–Kier alpha value is -1.03. The Kier molecular flexibility index (Phi) is 3.43. The molecule has 0 aromatic rings. The Labute approximate surface area is 103 Å². The van der Waals surface area contributed by atoms with Crippen LogP contribution in [0.15, 0.2) is 17.6 Å². The van der Waals surface area contributed by atoms with Gasteiger partial charge in [0.15, 0.2) is 5.96 Å². The average molecular weight is 237 g/mol. The van der Waals surface area contributed by atoms with E-state index in [2.05, 4.69) is 30.7 Å². The van der Waals surface area contributed by atoms with Crippen molar-refractivity contribution in [3.63, 3.8) is 0 Å². The third-order valence-electron chi connectivity index (χ3n) is 4.03. The van der Waals surface area contributed by atoms with Crippen LogP contribution in [0.1, 0.15) is 26.7 Å². The SMILES string of the molecule is C=CCN=C(N)NC1C2CCCOC2C1(C)C. The lowest BCUT2D eigenvalue weighted by Crippen LogP contribution is -2.70. The van der Waals surface area contributed by atoms with Gasteiger partial charge in [0.25, 0.3) is 0 Å². The quantitative estimate of drug-likeness (QED) is 0.441. The van der Waals surface area contributed by atoms with E-state index in [1.165, 1.54) is 6.42 Å². The number of nitrogens with zero attached hydrogens (tertiary/aromatic N) is 1. The summed E-state index contributed by atoms with van der Waals surface area (Å²) in [5.41, 5.74) is 6.00. The fourth-order valence-corrected chi connectivity index (χ4v) is 3.18. The van der Waals surface area contributed by atoms with Gasteiger partial charge in [0.1, 0.15) is 0 Å². The van der Waals surface area contributed by atoms with Crippen molar-refractivity contribution in [1.29, 1.82) is 0 Å². The highest BCUT2D eigenvalue weighted by Crippen LogP contribution is 2.51. The molecule has 1 heterocycles. The van der Waals surface area contributed by atoms with Crippen molar-refractivity contribution >= 4 is 5.96 Å². The Morgan fingerprint density at radius 1 is 1.65 bits per heavy atom. The van der Waals surface area contributed by atoms with E-state index in [-0.39, 0.29) is 5.41 Å². The molecule has 3 atom stereocenters. The van der Waals surface area contributed by atoms with Crippen LogP contribution in [0.3, 0.4) is 0 Å². The minimum Gasteiger partial charge on any atom is -0.377 e. The minimum atomic E-state index is 0.138. The molecule has 2 fully saturated rings. The number of nitrogens with two attached hydrogens (primary N) is 1. The van der Waals surface area contributed by atoms with Crippen LogP contribution in [0.2, 0.25) is 0 Å². The Morgan fingerprint density at radius 3 is 3.12 bits per heavy atom. The lowest BCUT2D eigenvalue weighted by atomic mass is 9.55. The van der Waals surface area contributed by atoms with E-state index < -0.39 is 0 Å². The molecule has 0 bridgehead atoms. The summed E-state index contributed by atoms with van der Waals surface area (Å²) in [7, 11) is 0. The molecule has 3 N–H and O–H groups in total. The zero-order valence-electron chi connectivity index (χ0n) is 10.8. The van der Waals surface area contributed by atoms with Crippen LogP contribution in [0.5, 0.6) is 0 Å². The van der Waals surface area contributed by atoms with Crippen LogP contribution in [-0.4, -0.2) is 31.3 Å². The van der Waals surface area contributed by atoms with Crippen molar-refractivity contribution in [1.82, 2.24) is 5.32 Å². The maximum atomic E-state index is 5.86. The first-order chi connectivity index (χ1) is 8.07. The summed E-state index contributed by atoms with van der Waals surface area (Å²) in [6.45, 7) is 9.56. The number of hydrogen-bond acceptors (Lipinski definition) is 2. The number of rotatable bonds is 3. The summed E-state index contributed by atoms with van der Waals surface area (Å²) in [6, 6.07) is 0.376. The smallest absolute Gasteiger partial charge is 0.189 e. The normalized spacial score (nSPS) is 35.6. The molecule has 1 aliphatic heterocycles. The molecule has 4 nitrogen and oxygen atoms in total. The van der Waals surface area contributed by atoms with Crippen LogP contribution in [-0.2, 0) is 4.74 Å². The standard InChI is InChI=1S/C13H23N3O/c1-4-7-15-12(14)16-10-9-6-5-8-17-11(9)13(10,2)3/h4,9-11H,1,5-8H2,2-3H3,(H3,14,15,16). The molecule has 0 radical (unpaired) electrons. The van der Waals surface area contributed by atoms with E-state index in [9.17, 15) is 0 Å². The first-order valence-corrected chi connectivity index (χ1v) is 6.36. The second-order valence-corrected chi connectivity index (χ2v) is 5.56. The number of hydrogen-bond donors (Lipinski definition) is 2. The summed E-state index contributed by atoms with van der Waals surface area (Å²) >= 11 is 0. The molecule has 0 aromatic carbocycles. The van der Waals surface area contributed by atoms with Gasteiger partial charge >= 0.3 is 0 Å². The van der Waals surface area contributed by atoms with Gasteiger partial charge in [-0.3, -0.25) is 0 Å². The molecule has 17 heavy (non-hydrogen) atoms. The van der Waals surface area contributed by atoms with Gasteiger partial charge in [-0.15, -0.1) is 6.58 Å². The van der Waals surface area contributed by atoms with Crippen molar-refractivity contribution < 1.29 is 4.74 Å². The van der Waals surface area contributed by atoms with E-state index in [1.807, 2.05) is 0 Å². The minimum absolute atomic E-state index is 0.138. The first kappa shape index (κ1) is 12.4. The first-order valence-electron chi connectivity index (χ1n) is 6.36. The Bertz CT molecular complexity index is 325. The molecule has 4 heteroatoms. The van der Waals surface area contributed by atoms with Gasteiger partial charge in [-0.1, -0.05) is 19.9 Å². The molecular formula is C13H23N3O. The molecule has 2 aliphatic rings. The Morgan fingerprint density at radius 2 is 2.41 bits per heavy atom. The predicted molar refractivity (Wildman–Crippen MR) is 69.9 cm³/mol. The van der Waals surface area contributed by atoms with E-state index in [1.54, 1.807) is 6.08 Å². The number of ether oxygens (including phenoxy) is 1. The van der Waals surface area contributed by atoms with Crippen molar-refractivity contribution in [2.75, 3.05) is 13.2 Å². The highest BCUT2D eigenvalue weighted by atomic mass is 16.5. The molecule has 0 aromatic heterocycles. The summed E-state index contributed by atoms with van der Waals surface area (Å²) in [6.07, 6.45) is 4.49. The van der Waals surface area contributed by atoms with Crippen molar-refractivity contribution in [3.05, 3.63) is 12.7 Å². The molecule has 1 aliphatic carbocycles. The van der Waals surface area contributed by atoms with E-state index >= 15 is 0 Å². The summed E-state index contributed by atoms with van der Waals surface area (Å²) in [5, 5.41) is 3.34. The van der Waals surface area contributed by atoms with Crippen molar-refractivity contribution in [3.8, 4) is 0 Å². The maximum absolute atomic E-state index is 5.86. The largest absolute Gasteiger partial charge is 0.377 e. The van der Waals surface area contributed by atoms with Crippen molar-refractivity contribution in [2.24, 2.45) is 22.1 Å². The van der Waals surface area contributed by atoms with Crippen LogP contribution in [0.25, 0.3) is 0 Å². The number of fused-ring (bicyclic) bond motifs is 1. The van der Waals surface area contributed by atoms with E-state index in [0.29, 0.717) is 30.6 Å². The summed E-state index contributed by atoms with van der Waals surface area (Å²) in [4.78, 5) is 4.19. The molecule has 0 amide bonds. The molecule has 3 unspecified atom stereocenters. The fraction of sp³-hybridized carbons (Fsp3) is 0.769. The molecule has 1 saturated carbocycles. The lowest BCUT2D eigenvalue weighted by Gasteiger charge is -2.60. The van der Waals surface area contributed by atoms with Crippen molar-refractivity contribution in [2.45, 2.75) is 38.8 Å². The third kappa shape index (κ3) is 2.18. The van der Waals surface area contributed by atoms with Gasteiger partial charge in [0.05, 0.1) is 12.6 Å². The van der Waals surface area contributed by atoms with E-state index in [4.69, 9.17) is 10.5 Å². The zero-order chi connectivity index (χ0) is 12.5. The molecule has 1 saturated heterocycles. The summed E-state index contributed by atoms with van der Waals surface area (Å²) in [5.74, 6) is 1.10. The second kappa shape index (κ2) is 4.69. The summed E-state index contributed by atoms with van der Waals surface area (Å²) < 4.78 is 5.85. The molecule has 2 rings (SSSR count). The fourth-order valence-electron chi connectivity index (χ4n) is 3.18. The second-order valence-electron chi connectivity index (χ2n) is 5.56. The highest BCUT2D eigenvalue weighted by Gasteiger charge is 2.58. The van der Waals surface area contributed by atoms with Gasteiger partial charge in [-0.2, -0.15) is 0 Å². The lowest BCUT2D eigenvalue weighted by molar-refractivity contribution is -0.188. The number of aliphatic imine (C=N–C) groups is 1. The van der Waals surface area contributed by atoms with Gasteiger partial charge in [0, 0.05) is 24.0 Å². The van der Waals surface area contributed by atoms with Gasteiger partial charge in [-0.25, -0.2) is 4.99 Å². The predicted octanol–water partition coefficient (Wildman–Crippen LogP) is 1.28. The topological polar surface area (TPSA) is 59.6 Å². The molecular weight excluding hydrogens is 214 g/mol. The molecule has 0 spiro atoms.